The van der Waals surface area contributed by atoms with Gasteiger partial charge < -0.3 is 19.7 Å². The molecule has 1 saturated heterocycles. The number of carbonyl (C=O) groups excluding carboxylic acids is 1. The highest BCUT2D eigenvalue weighted by Crippen LogP contribution is 2.26. The first kappa shape index (κ1) is 15.6. The highest BCUT2D eigenvalue weighted by molar-refractivity contribution is 6.00. The molecule has 3 rings (SSSR count). The second-order valence-electron chi connectivity index (χ2n) is 6.06. The lowest BCUT2D eigenvalue weighted by atomic mass is 10.1. The van der Waals surface area contributed by atoms with E-state index in [-0.39, 0.29) is 12.0 Å². The number of carboxylic acids is 1. The summed E-state index contributed by atoms with van der Waals surface area (Å²) in [7, 11) is 1.53. The van der Waals surface area contributed by atoms with Crippen molar-refractivity contribution < 1.29 is 19.4 Å². The minimum Gasteiger partial charge on any atom is -0.480 e. The molecular formula is C17H20N2O4. The van der Waals surface area contributed by atoms with E-state index < -0.39 is 12.0 Å². The summed E-state index contributed by atoms with van der Waals surface area (Å²) in [6.45, 7) is 4.32. The van der Waals surface area contributed by atoms with Crippen molar-refractivity contribution in [2.75, 3.05) is 13.7 Å². The molecule has 0 spiro atoms. The molecule has 6 heteroatoms. The Hall–Kier alpha value is -2.34. The maximum atomic E-state index is 12.8. The summed E-state index contributed by atoms with van der Waals surface area (Å²) in [5, 5.41) is 10.3. The zero-order chi connectivity index (χ0) is 16.7. The van der Waals surface area contributed by atoms with Crippen LogP contribution in [0.25, 0.3) is 10.9 Å². The van der Waals surface area contributed by atoms with Gasteiger partial charge >= 0.3 is 5.97 Å². The van der Waals surface area contributed by atoms with Crippen molar-refractivity contribution in [3.63, 3.8) is 0 Å². The number of carbonyl (C=O) groups is 2. The Labute approximate surface area is 134 Å². The van der Waals surface area contributed by atoms with Gasteiger partial charge in [-0.15, -0.1) is 0 Å². The average molecular weight is 316 g/mol. The maximum Gasteiger partial charge on any atom is 0.326 e. The van der Waals surface area contributed by atoms with Crippen LogP contribution in [-0.4, -0.2) is 52.7 Å². The summed E-state index contributed by atoms with van der Waals surface area (Å²) in [6, 6.07) is 4.89. The van der Waals surface area contributed by atoms with Gasteiger partial charge in [0, 0.05) is 31.0 Å². The number of rotatable bonds is 3. The van der Waals surface area contributed by atoms with Crippen LogP contribution in [0.2, 0.25) is 0 Å². The van der Waals surface area contributed by atoms with E-state index in [1.54, 1.807) is 6.07 Å². The van der Waals surface area contributed by atoms with Crippen molar-refractivity contribution in [1.82, 2.24) is 9.88 Å². The van der Waals surface area contributed by atoms with Crippen LogP contribution >= 0.6 is 0 Å². The molecule has 1 aliphatic heterocycles. The number of nitrogens with zero attached hydrogens (tertiary/aromatic N) is 1. The van der Waals surface area contributed by atoms with Crippen LogP contribution < -0.4 is 0 Å². The Balaban J connectivity index is 1.96. The molecule has 0 saturated carbocycles. The van der Waals surface area contributed by atoms with Gasteiger partial charge in [-0.2, -0.15) is 0 Å². The van der Waals surface area contributed by atoms with Crippen molar-refractivity contribution in [1.29, 1.82) is 0 Å². The van der Waals surface area contributed by atoms with Crippen LogP contribution in [0.1, 0.15) is 28.0 Å². The van der Waals surface area contributed by atoms with Gasteiger partial charge in [-0.3, -0.25) is 4.79 Å². The second-order valence-corrected chi connectivity index (χ2v) is 6.06. The Kier molecular flexibility index (Phi) is 3.85. The van der Waals surface area contributed by atoms with E-state index in [2.05, 4.69) is 4.98 Å². The van der Waals surface area contributed by atoms with Gasteiger partial charge in [0.25, 0.3) is 5.91 Å². The largest absolute Gasteiger partial charge is 0.480 e. The van der Waals surface area contributed by atoms with E-state index in [0.717, 1.165) is 22.0 Å². The average Bonchev–Trinajstić information content (AvgIpc) is 3.14. The number of aryl methyl sites for hydroxylation is 2. The molecule has 0 bridgehead atoms. The minimum atomic E-state index is -0.999. The molecule has 0 radical (unpaired) electrons. The zero-order valence-corrected chi connectivity index (χ0v) is 13.4. The Morgan fingerprint density at radius 2 is 2.09 bits per heavy atom. The third kappa shape index (κ3) is 2.59. The topological polar surface area (TPSA) is 82.6 Å². The predicted molar refractivity (Wildman–Crippen MR) is 85.6 cm³/mol. The number of aromatic nitrogens is 1. The lowest BCUT2D eigenvalue weighted by Crippen LogP contribution is -2.40. The molecule has 6 nitrogen and oxygen atoms in total. The first-order chi connectivity index (χ1) is 10.9. The summed E-state index contributed by atoms with van der Waals surface area (Å²) in [4.78, 5) is 28.7. The van der Waals surface area contributed by atoms with Crippen molar-refractivity contribution in [2.24, 2.45) is 0 Å². The molecule has 1 aromatic heterocycles. The molecule has 2 heterocycles. The van der Waals surface area contributed by atoms with Gasteiger partial charge in [-0.05, 0) is 37.1 Å². The molecule has 122 valence electrons. The fourth-order valence-electron chi connectivity index (χ4n) is 3.15. The molecule has 1 aromatic carbocycles. The molecular weight excluding hydrogens is 296 g/mol. The first-order valence-electron chi connectivity index (χ1n) is 7.58. The minimum absolute atomic E-state index is 0.242. The smallest absolute Gasteiger partial charge is 0.326 e. The molecule has 1 aliphatic rings. The zero-order valence-electron chi connectivity index (χ0n) is 13.4. The number of fused-ring (bicyclic) bond motifs is 1. The number of hydrogen-bond acceptors (Lipinski definition) is 3. The SMILES string of the molecule is COC1CC(C(=O)O)N(C(=O)c2cc3c(C)c(C)ccc3[nH]2)C1. The Morgan fingerprint density at radius 3 is 2.74 bits per heavy atom. The number of aromatic amines is 1. The third-order valence-electron chi connectivity index (χ3n) is 4.72. The summed E-state index contributed by atoms with van der Waals surface area (Å²) in [6.07, 6.45) is 0.0732. The number of carboxylic acid groups (broad SMARTS) is 1. The third-order valence-corrected chi connectivity index (χ3v) is 4.72. The van der Waals surface area contributed by atoms with Gasteiger partial charge in [0.15, 0.2) is 0 Å². The van der Waals surface area contributed by atoms with Crippen molar-refractivity contribution >= 4 is 22.8 Å². The van der Waals surface area contributed by atoms with E-state index in [1.807, 2.05) is 26.0 Å². The number of nitrogens with one attached hydrogen (secondary N) is 1. The standard InChI is InChI=1S/C17H20N2O4/c1-9-4-5-13-12(10(9)2)7-14(18-13)16(20)19-8-11(23-3)6-15(19)17(21)22/h4-5,7,11,15,18H,6,8H2,1-3H3,(H,21,22). The summed E-state index contributed by atoms with van der Waals surface area (Å²) >= 11 is 0. The highest BCUT2D eigenvalue weighted by Gasteiger charge is 2.40. The highest BCUT2D eigenvalue weighted by atomic mass is 16.5. The van der Waals surface area contributed by atoms with E-state index >= 15 is 0 Å². The molecule has 2 atom stereocenters. The quantitative estimate of drug-likeness (QED) is 0.908. The van der Waals surface area contributed by atoms with Crippen LogP contribution in [0.5, 0.6) is 0 Å². The van der Waals surface area contributed by atoms with E-state index in [0.29, 0.717) is 18.7 Å². The van der Waals surface area contributed by atoms with E-state index in [1.165, 1.54) is 12.0 Å². The molecule has 1 fully saturated rings. The molecule has 2 unspecified atom stereocenters. The van der Waals surface area contributed by atoms with E-state index in [9.17, 15) is 14.7 Å². The van der Waals surface area contributed by atoms with Crippen LogP contribution in [0, 0.1) is 13.8 Å². The Bertz CT molecular complexity index is 780. The van der Waals surface area contributed by atoms with E-state index in [4.69, 9.17) is 4.74 Å². The van der Waals surface area contributed by atoms with Crippen LogP contribution in [-0.2, 0) is 9.53 Å². The molecule has 2 aromatic rings. The van der Waals surface area contributed by atoms with Gasteiger partial charge in [0.2, 0.25) is 0 Å². The maximum absolute atomic E-state index is 12.8. The lowest BCUT2D eigenvalue weighted by molar-refractivity contribution is -0.141. The second kappa shape index (κ2) is 5.70. The molecule has 1 amide bonds. The number of methoxy groups -OCH3 is 1. The molecule has 23 heavy (non-hydrogen) atoms. The van der Waals surface area contributed by atoms with Gasteiger partial charge in [0.1, 0.15) is 11.7 Å². The summed E-state index contributed by atoms with van der Waals surface area (Å²) < 4.78 is 5.23. The monoisotopic (exact) mass is 316 g/mol. The van der Waals surface area contributed by atoms with Gasteiger partial charge in [-0.1, -0.05) is 6.07 Å². The van der Waals surface area contributed by atoms with Crippen LogP contribution in [0.4, 0.5) is 0 Å². The first-order valence-corrected chi connectivity index (χ1v) is 7.58. The number of amides is 1. The van der Waals surface area contributed by atoms with Crippen molar-refractivity contribution in [2.45, 2.75) is 32.4 Å². The number of likely N-dealkylation sites (tertiary alicyclic amines) is 1. The van der Waals surface area contributed by atoms with Gasteiger partial charge in [-0.25, -0.2) is 4.79 Å². The summed E-state index contributed by atoms with van der Waals surface area (Å²) in [5.41, 5.74) is 3.56. The fraction of sp³-hybridized carbons (Fsp3) is 0.412. The predicted octanol–water partition coefficient (Wildman–Crippen LogP) is 2.10. The Morgan fingerprint density at radius 1 is 1.35 bits per heavy atom. The number of benzene rings is 1. The molecule has 2 N–H and O–H groups in total. The normalized spacial score (nSPS) is 21.1. The molecule has 0 aliphatic carbocycles. The lowest BCUT2D eigenvalue weighted by Gasteiger charge is -2.20. The number of hydrogen-bond donors (Lipinski definition) is 2. The number of H-pyrrole nitrogens is 1. The van der Waals surface area contributed by atoms with Crippen LogP contribution in [0.15, 0.2) is 18.2 Å². The van der Waals surface area contributed by atoms with Crippen molar-refractivity contribution in [3.05, 3.63) is 35.0 Å². The van der Waals surface area contributed by atoms with Gasteiger partial charge in [0.05, 0.1) is 6.10 Å². The van der Waals surface area contributed by atoms with Crippen LogP contribution in [0.3, 0.4) is 0 Å². The summed E-state index contributed by atoms with van der Waals surface area (Å²) in [5.74, 6) is -1.30. The number of aliphatic carboxylic acids is 1. The fourth-order valence-corrected chi connectivity index (χ4v) is 3.15. The van der Waals surface area contributed by atoms with Crippen molar-refractivity contribution in [3.8, 4) is 0 Å². The number of ether oxygens (including phenoxy) is 1.